The van der Waals surface area contributed by atoms with Crippen LogP contribution < -0.4 is 5.32 Å². The van der Waals surface area contributed by atoms with E-state index in [0.29, 0.717) is 5.16 Å². The highest BCUT2D eigenvalue weighted by Crippen LogP contribution is 2.22. The summed E-state index contributed by atoms with van der Waals surface area (Å²) in [7, 11) is 2.47. The largest absolute Gasteiger partial charge is 0.465 e. The molecule has 0 aliphatic carbocycles. The summed E-state index contributed by atoms with van der Waals surface area (Å²) in [6.07, 6.45) is 3.50. The molecule has 8 nitrogen and oxygen atoms in total. The van der Waals surface area contributed by atoms with Gasteiger partial charge in [-0.2, -0.15) is 0 Å². The number of nitrogens with one attached hydrogen (secondary N) is 1. The first kappa shape index (κ1) is 22.1. The van der Waals surface area contributed by atoms with Gasteiger partial charge < -0.3 is 14.8 Å². The van der Waals surface area contributed by atoms with Crippen LogP contribution in [0.25, 0.3) is 5.69 Å². The number of imidazole rings is 1. The van der Waals surface area contributed by atoms with Crippen molar-refractivity contribution in [1.29, 1.82) is 0 Å². The van der Waals surface area contributed by atoms with E-state index in [2.05, 4.69) is 10.3 Å². The molecule has 2 aromatic carbocycles. The average Bonchev–Trinajstić information content (AvgIpc) is 3.25. The van der Waals surface area contributed by atoms with Crippen molar-refractivity contribution in [2.24, 2.45) is 0 Å². The van der Waals surface area contributed by atoms with E-state index in [4.69, 9.17) is 9.47 Å². The second kappa shape index (κ2) is 9.94. The molecule has 3 rings (SSSR count). The first-order chi connectivity index (χ1) is 14.9. The summed E-state index contributed by atoms with van der Waals surface area (Å²) >= 11 is 1.27. The van der Waals surface area contributed by atoms with Gasteiger partial charge in [-0.25, -0.2) is 14.6 Å². The summed E-state index contributed by atoms with van der Waals surface area (Å²) in [6, 6.07) is 12.2. The number of aryl methyl sites for hydroxylation is 1. The van der Waals surface area contributed by atoms with Gasteiger partial charge in [0.05, 0.1) is 31.1 Å². The molecule has 9 heteroatoms. The molecule has 0 atom stereocenters. The minimum absolute atomic E-state index is 0.0822. The molecule has 0 fully saturated rings. The molecule has 0 radical (unpaired) electrons. The first-order valence-corrected chi connectivity index (χ1v) is 10.2. The lowest BCUT2D eigenvalue weighted by Gasteiger charge is -2.10. The summed E-state index contributed by atoms with van der Waals surface area (Å²) < 4.78 is 11.3. The monoisotopic (exact) mass is 439 g/mol. The maximum atomic E-state index is 12.5. The second-order valence-electron chi connectivity index (χ2n) is 6.54. The molecule has 0 saturated carbocycles. The number of hydrogen-bond donors (Lipinski definition) is 1. The van der Waals surface area contributed by atoms with Gasteiger partial charge in [-0.05, 0) is 42.8 Å². The highest BCUT2D eigenvalue weighted by atomic mass is 32.2. The number of anilines is 1. The quantitative estimate of drug-likeness (QED) is 0.444. The van der Waals surface area contributed by atoms with E-state index < -0.39 is 11.9 Å². The van der Waals surface area contributed by atoms with Gasteiger partial charge in [0.25, 0.3) is 0 Å². The third-order valence-electron chi connectivity index (χ3n) is 4.28. The van der Waals surface area contributed by atoms with Crippen LogP contribution in [0.15, 0.2) is 60.0 Å². The number of esters is 2. The predicted octanol–water partition coefficient (Wildman–Crippen LogP) is 3.48. The number of hydrogen-bond acceptors (Lipinski definition) is 7. The first-order valence-electron chi connectivity index (χ1n) is 9.26. The number of rotatable bonds is 7. The third kappa shape index (κ3) is 5.52. The van der Waals surface area contributed by atoms with Gasteiger partial charge in [0.1, 0.15) is 0 Å². The summed E-state index contributed by atoms with van der Waals surface area (Å²) in [5.41, 5.74) is 2.61. The number of nitrogens with zero attached hydrogens (tertiary/aromatic N) is 2. The summed E-state index contributed by atoms with van der Waals surface area (Å²) in [4.78, 5) is 40.6. The van der Waals surface area contributed by atoms with Crippen molar-refractivity contribution < 1.29 is 23.9 Å². The van der Waals surface area contributed by atoms with Crippen molar-refractivity contribution in [3.05, 3.63) is 71.5 Å². The topological polar surface area (TPSA) is 99.5 Å². The van der Waals surface area contributed by atoms with Crippen molar-refractivity contribution in [1.82, 2.24) is 9.55 Å². The van der Waals surface area contributed by atoms with Crippen molar-refractivity contribution in [3.8, 4) is 5.69 Å². The molecule has 1 amide bonds. The normalized spacial score (nSPS) is 10.4. The Morgan fingerprint density at radius 1 is 1.03 bits per heavy atom. The standard InChI is InChI=1S/C22H21N3O5S/c1-14-5-4-6-18(9-14)25-8-7-23-22(25)31-13-19(26)24-17-11-15(20(27)29-2)10-16(12-17)21(28)30-3/h4-12H,13H2,1-3H3,(H,24,26). The van der Waals surface area contributed by atoms with Crippen LogP contribution in [-0.4, -0.2) is 47.4 Å². The molecule has 0 aliphatic heterocycles. The molecule has 31 heavy (non-hydrogen) atoms. The highest BCUT2D eigenvalue weighted by molar-refractivity contribution is 7.99. The number of carbonyl (C=O) groups is 3. The van der Waals surface area contributed by atoms with Crippen LogP contribution in [0.5, 0.6) is 0 Å². The van der Waals surface area contributed by atoms with E-state index in [1.54, 1.807) is 6.20 Å². The Bertz CT molecular complexity index is 1090. The molecule has 3 aromatic rings. The summed E-state index contributed by atoms with van der Waals surface area (Å²) in [6.45, 7) is 2.01. The number of amides is 1. The van der Waals surface area contributed by atoms with Crippen molar-refractivity contribution in [2.45, 2.75) is 12.1 Å². The lowest BCUT2D eigenvalue weighted by atomic mass is 10.1. The van der Waals surface area contributed by atoms with E-state index in [1.807, 2.05) is 42.0 Å². The molecule has 0 aliphatic rings. The van der Waals surface area contributed by atoms with Gasteiger partial charge in [-0.15, -0.1) is 0 Å². The van der Waals surface area contributed by atoms with Crippen LogP contribution >= 0.6 is 11.8 Å². The SMILES string of the molecule is COC(=O)c1cc(NC(=O)CSc2nccn2-c2cccc(C)c2)cc(C(=O)OC)c1. The Labute approximate surface area is 183 Å². The number of benzene rings is 2. The second-order valence-corrected chi connectivity index (χ2v) is 7.48. The third-order valence-corrected chi connectivity index (χ3v) is 5.24. The maximum absolute atomic E-state index is 12.5. The summed E-state index contributed by atoms with van der Waals surface area (Å²) in [5.74, 6) is -1.49. The van der Waals surface area contributed by atoms with Gasteiger partial charge in [-0.1, -0.05) is 23.9 Å². The lowest BCUT2D eigenvalue weighted by molar-refractivity contribution is -0.113. The van der Waals surface area contributed by atoms with E-state index >= 15 is 0 Å². The Morgan fingerprint density at radius 3 is 2.32 bits per heavy atom. The zero-order chi connectivity index (χ0) is 22.4. The van der Waals surface area contributed by atoms with Gasteiger partial charge >= 0.3 is 11.9 Å². The molecule has 1 heterocycles. The van der Waals surface area contributed by atoms with Crippen molar-refractivity contribution in [3.63, 3.8) is 0 Å². The number of aromatic nitrogens is 2. The molecular weight excluding hydrogens is 418 g/mol. The highest BCUT2D eigenvalue weighted by Gasteiger charge is 2.16. The van der Waals surface area contributed by atoms with Gasteiger partial charge in [0, 0.05) is 23.8 Å². The Kier molecular flexibility index (Phi) is 7.09. The molecule has 0 bridgehead atoms. The molecule has 1 N–H and O–H groups in total. The molecule has 0 saturated heterocycles. The summed E-state index contributed by atoms with van der Waals surface area (Å²) in [5, 5.41) is 3.37. The lowest BCUT2D eigenvalue weighted by Crippen LogP contribution is -2.16. The number of thioether (sulfide) groups is 1. The van der Waals surface area contributed by atoms with Crippen LogP contribution in [-0.2, 0) is 14.3 Å². The molecule has 1 aromatic heterocycles. The minimum atomic E-state index is -0.629. The van der Waals surface area contributed by atoms with E-state index in [-0.39, 0.29) is 28.5 Å². The Morgan fingerprint density at radius 2 is 1.71 bits per heavy atom. The van der Waals surface area contributed by atoms with E-state index in [1.165, 1.54) is 44.2 Å². The smallest absolute Gasteiger partial charge is 0.337 e. The van der Waals surface area contributed by atoms with Crippen LogP contribution in [0, 0.1) is 6.92 Å². The fraction of sp³-hybridized carbons (Fsp3) is 0.182. The number of ether oxygens (including phenoxy) is 2. The average molecular weight is 439 g/mol. The fourth-order valence-electron chi connectivity index (χ4n) is 2.87. The van der Waals surface area contributed by atoms with Crippen LogP contribution in [0.4, 0.5) is 5.69 Å². The number of carbonyl (C=O) groups excluding carboxylic acids is 3. The zero-order valence-electron chi connectivity index (χ0n) is 17.2. The van der Waals surface area contributed by atoms with Crippen LogP contribution in [0.3, 0.4) is 0 Å². The van der Waals surface area contributed by atoms with Gasteiger partial charge in [-0.3, -0.25) is 9.36 Å². The van der Waals surface area contributed by atoms with Crippen LogP contribution in [0.2, 0.25) is 0 Å². The zero-order valence-corrected chi connectivity index (χ0v) is 18.1. The molecule has 0 unspecified atom stereocenters. The number of methoxy groups -OCH3 is 2. The fourth-order valence-corrected chi connectivity index (χ4v) is 3.64. The predicted molar refractivity (Wildman–Crippen MR) is 117 cm³/mol. The molecular formula is C22H21N3O5S. The van der Waals surface area contributed by atoms with Crippen molar-refractivity contribution in [2.75, 3.05) is 25.3 Å². The molecule has 160 valence electrons. The minimum Gasteiger partial charge on any atom is -0.465 e. The van der Waals surface area contributed by atoms with Crippen LogP contribution in [0.1, 0.15) is 26.3 Å². The van der Waals surface area contributed by atoms with E-state index in [0.717, 1.165) is 11.3 Å². The van der Waals surface area contributed by atoms with Gasteiger partial charge in [0.15, 0.2) is 5.16 Å². The van der Waals surface area contributed by atoms with Gasteiger partial charge in [0.2, 0.25) is 5.91 Å². The maximum Gasteiger partial charge on any atom is 0.337 e. The Balaban J connectivity index is 1.73. The molecule has 0 spiro atoms. The van der Waals surface area contributed by atoms with E-state index in [9.17, 15) is 14.4 Å². The van der Waals surface area contributed by atoms with Crippen molar-refractivity contribution >= 4 is 35.3 Å². The Hall–Kier alpha value is -3.59.